The Hall–Kier alpha value is -2.78. The van der Waals surface area contributed by atoms with Crippen molar-refractivity contribution in [2.24, 2.45) is 0 Å². The first kappa shape index (κ1) is 22.5. The van der Waals surface area contributed by atoms with Crippen molar-refractivity contribution in [1.82, 2.24) is 0 Å². The zero-order valence-corrected chi connectivity index (χ0v) is 16.3. The van der Waals surface area contributed by atoms with E-state index in [-0.39, 0.29) is 37.6 Å². The smallest absolute Gasteiger partial charge is 0.339 e. The van der Waals surface area contributed by atoms with Crippen molar-refractivity contribution in [3.63, 3.8) is 0 Å². The molecule has 8 heteroatoms. The fourth-order valence-electron chi connectivity index (χ4n) is 2.64. The number of carboxylic acids is 1. The second-order valence-corrected chi connectivity index (χ2v) is 6.47. The molecule has 0 heterocycles. The second-order valence-electron chi connectivity index (χ2n) is 6.47. The molecule has 29 heavy (non-hydrogen) atoms. The number of esters is 1. The van der Waals surface area contributed by atoms with E-state index in [4.69, 9.17) is 19.8 Å². The molecule has 2 aromatic rings. The van der Waals surface area contributed by atoms with Crippen LogP contribution in [0.2, 0.25) is 0 Å². The van der Waals surface area contributed by atoms with Gasteiger partial charge in [0.25, 0.3) is 0 Å². The number of carbonyl (C=O) groups excluding carboxylic acids is 1. The Bertz CT molecular complexity index is 847. The van der Waals surface area contributed by atoms with Gasteiger partial charge in [0.1, 0.15) is 13.2 Å². The number of benzene rings is 2. The highest BCUT2D eigenvalue weighted by Crippen LogP contribution is 2.15. The van der Waals surface area contributed by atoms with Gasteiger partial charge in [-0.2, -0.15) is 0 Å². The van der Waals surface area contributed by atoms with Crippen LogP contribution in [-0.4, -0.2) is 35.5 Å². The summed E-state index contributed by atoms with van der Waals surface area (Å²) in [4.78, 5) is 37.8. The van der Waals surface area contributed by atoms with E-state index in [1.54, 1.807) is 13.0 Å². The molecular weight excluding hydrogens is 380 g/mol. The van der Waals surface area contributed by atoms with E-state index in [0.717, 1.165) is 22.3 Å². The number of carboxylic acid groups (broad SMARTS) is 1. The SMILES string of the molecule is Cc1ccc(COOCCCOC(=O)c2ccc(C)cc2C(=O)O)c(COO)c1. The van der Waals surface area contributed by atoms with Crippen LogP contribution >= 0.6 is 0 Å². The number of aromatic carboxylic acids is 1. The van der Waals surface area contributed by atoms with Gasteiger partial charge in [0.15, 0.2) is 0 Å². The van der Waals surface area contributed by atoms with Gasteiger partial charge in [0, 0.05) is 6.42 Å². The fourth-order valence-corrected chi connectivity index (χ4v) is 2.64. The maximum atomic E-state index is 12.1. The molecule has 0 amide bonds. The molecule has 0 unspecified atom stereocenters. The lowest BCUT2D eigenvalue weighted by molar-refractivity contribution is -0.305. The standard InChI is InChI=1S/C21H24O8/c1-14-4-6-16(17(10-14)12-27-25)13-29-28-9-3-8-26-21(24)18-7-5-15(2)11-19(18)20(22)23/h4-7,10-11,25H,3,8-9,12-13H2,1-2H3,(H,22,23). The molecule has 2 aromatic carbocycles. The van der Waals surface area contributed by atoms with Crippen LogP contribution in [0, 0.1) is 13.8 Å². The lowest BCUT2D eigenvalue weighted by atomic mass is 10.0. The normalized spacial score (nSPS) is 10.7. The molecule has 0 fully saturated rings. The highest BCUT2D eigenvalue weighted by Gasteiger charge is 2.17. The quantitative estimate of drug-likeness (QED) is 0.252. The summed E-state index contributed by atoms with van der Waals surface area (Å²) in [5.41, 5.74) is 3.30. The van der Waals surface area contributed by atoms with E-state index in [1.165, 1.54) is 12.1 Å². The third-order valence-electron chi connectivity index (χ3n) is 4.11. The Morgan fingerprint density at radius 2 is 1.59 bits per heavy atom. The van der Waals surface area contributed by atoms with Crippen LogP contribution in [0.4, 0.5) is 0 Å². The minimum absolute atomic E-state index is 0.0123. The lowest BCUT2D eigenvalue weighted by Gasteiger charge is -2.10. The summed E-state index contributed by atoms with van der Waals surface area (Å²) in [5, 5.41) is 17.8. The Balaban J connectivity index is 1.72. The molecule has 0 aromatic heterocycles. The van der Waals surface area contributed by atoms with Gasteiger partial charge in [0.2, 0.25) is 0 Å². The summed E-state index contributed by atoms with van der Waals surface area (Å²) < 4.78 is 5.11. The van der Waals surface area contributed by atoms with Crippen molar-refractivity contribution in [3.8, 4) is 0 Å². The third-order valence-corrected chi connectivity index (χ3v) is 4.11. The maximum Gasteiger partial charge on any atom is 0.339 e. The Morgan fingerprint density at radius 1 is 0.862 bits per heavy atom. The molecule has 2 rings (SSSR count). The van der Waals surface area contributed by atoms with Crippen LogP contribution in [0.1, 0.15) is 49.4 Å². The molecule has 0 spiro atoms. The van der Waals surface area contributed by atoms with E-state index in [2.05, 4.69) is 4.89 Å². The maximum absolute atomic E-state index is 12.1. The van der Waals surface area contributed by atoms with Crippen LogP contribution in [0.5, 0.6) is 0 Å². The summed E-state index contributed by atoms with van der Waals surface area (Å²) >= 11 is 0. The topological polar surface area (TPSA) is 112 Å². The molecule has 2 N–H and O–H groups in total. The van der Waals surface area contributed by atoms with Crippen molar-refractivity contribution in [2.75, 3.05) is 13.2 Å². The highest BCUT2D eigenvalue weighted by atomic mass is 17.2. The van der Waals surface area contributed by atoms with E-state index in [9.17, 15) is 14.7 Å². The fraction of sp³-hybridized carbons (Fsp3) is 0.333. The van der Waals surface area contributed by atoms with Crippen molar-refractivity contribution >= 4 is 11.9 Å². The molecule has 0 saturated carbocycles. The average molecular weight is 404 g/mol. The van der Waals surface area contributed by atoms with Gasteiger partial charge in [-0.1, -0.05) is 35.4 Å². The number of rotatable bonds is 11. The van der Waals surface area contributed by atoms with Crippen molar-refractivity contribution in [1.29, 1.82) is 0 Å². The summed E-state index contributed by atoms with van der Waals surface area (Å²) in [6, 6.07) is 10.2. The van der Waals surface area contributed by atoms with Gasteiger partial charge in [0.05, 0.1) is 24.3 Å². The predicted octanol–water partition coefficient (Wildman–Crippen LogP) is 3.69. The van der Waals surface area contributed by atoms with Gasteiger partial charge >= 0.3 is 11.9 Å². The third kappa shape index (κ3) is 6.95. The van der Waals surface area contributed by atoms with E-state index in [0.29, 0.717) is 6.42 Å². The van der Waals surface area contributed by atoms with Crippen LogP contribution in [0.25, 0.3) is 0 Å². The summed E-state index contributed by atoms with van der Waals surface area (Å²) in [6.07, 6.45) is 0.376. The number of carbonyl (C=O) groups is 2. The predicted molar refractivity (Wildman–Crippen MR) is 102 cm³/mol. The Kier molecular flexibility index (Phi) is 8.75. The van der Waals surface area contributed by atoms with Crippen LogP contribution in [-0.2, 0) is 32.6 Å². The van der Waals surface area contributed by atoms with Gasteiger partial charge < -0.3 is 9.84 Å². The summed E-state index contributed by atoms with van der Waals surface area (Å²) in [5.74, 6) is -1.88. The van der Waals surface area contributed by atoms with E-state index in [1.807, 2.05) is 25.1 Å². The molecule has 0 bridgehead atoms. The molecule has 0 atom stereocenters. The monoisotopic (exact) mass is 404 g/mol. The molecule has 0 saturated heterocycles. The Labute approximate surface area is 168 Å². The first-order valence-electron chi connectivity index (χ1n) is 9.02. The van der Waals surface area contributed by atoms with E-state index >= 15 is 0 Å². The van der Waals surface area contributed by atoms with E-state index < -0.39 is 11.9 Å². The van der Waals surface area contributed by atoms with Crippen LogP contribution in [0.15, 0.2) is 36.4 Å². The summed E-state index contributed by atoms with van der Waals surface area (Å²) in [7, 11) is 0. The first-order chi connectivity index (χ1) is 13.9. The first-order valence-corrected chi connectivity index (χ1v) is 9.02. The second kappa shape index (κ2) is 11.3. The number of aryl methyl sites for hydroxylation is 2. The minimum atomic E-state index is -1.18. The molecule has 0 radical (unpaired) electrons. The highest BCUT2D eigenvalue weighted by molar-refractivity contribution is 6.02. The number of ether oxygens (including phenoxy) is 1. The van der Waals surface area contributed by atoms with Gasteiger partial charge in [-0.3, -0.25) is 5.26 Å². The molecule has 0 aliphatic carbocycles. The minimum Gasteiger partial charge on any atom is -0.478 e. The van der Waals surface area contributed by atoms with Crippen molar-refractivity contribution < 1.29 is 39.4 Å². The molecule has 156 valence electrons. The molecular formula is C21H24O8. The lowest BCUT2D eigenvalue weighted by Crippen LogP contribution is -2.13. The van der Waals surface area contributed by atoms with Gasteiger partial charge in [-0.05, 0) is 37.1 Å². The van der Waals surface area contributed by atoms with Gasteiger partial charge in [-0.15, -0.1) is 0 Å². The van der Waals surface area contributed by atoms with Crippen LogP contribution in [0.3, 0.4) is 0 Å². The number of hydrogen-bond donors (Lipinski definition) is 2. The average Bonchev–Trinajstić information content (AvgIpc) is 2.68. The van der Waals surface area contributed by atoms with Crippen molar-refractivity contribution in [3.05, 3.63) is 69.8 Å². The summed E-state index contributed by atoms with van der Waals surface area (Å²) in [6.45, 7) is 4.14. The largest absolute Gasteiger partial charge is 0.478 e. The van der Waals surface area contributed by atoms with Gasteiger partial charge in [-0.25, -0.2) is 24.3 Å². The zero-order chi connectivity index (χ0) is 21.2. The zero-order valence-electron chi connectivity index (χ0n) is 16.3. The molecule has 0 aliphatic heterocycles. The Morgan fingerprint density at radius 3 is 2.31 bits per heavy atom. The number of hydrogen-bond acceptors (Lipinski definition) is 7. The molecule has 8 nitrogen and oxygen atoms in total. The van der Waals surface area contributed by atoms with Crippen LogP contribution < -0.4 is 0 Å². The molecule has 0 aliphatic rings. The van der Waals surface area contributed by atoms with Crippen molar-refractivity contribution in [2.45, 2.75) is 33.5 Å².